The number of aliphatic hydroxyl groups excluding tert-OH is 1. The number of carbonyl (C=O) groups is 1. The van der Waals surface area contributed by atoms with Gasteiger partial charge in [0.1, 0.15) is 22.7 Å². The van der Waals surface area contributed by atoms with E-state index in [-0.39, 0.29) is 23.5 Å². The third kappa shape index (κ3) is 3.30. The average molecular weight is 362 g/mol. The van der Waals surface area contributed by atoms with Crippen LogP contribution in [0.15, 0.2) is 48.5 Å². The summed E-state index contributed by atoms with van der Waals surface area (Å²) in [6.07, 6.45) is 1.27. The Bertz CT molecular complexity index is 821. The van der Waals surface area contributed by atoms with Crippen molar-refractivity contribution in [1.82, 2.24) is 14.8 Å². The number of hydrogen-bond acceptors (Lipinski definition) is 4. The molecular weight excluding hydrogens is 345 g/mol. The Balaban J connectivity index is 2.02. The van der Waals surface area contributed by atoms with Gasteiger partial charge in [0.05, 0.1) is 0 Å². The summed E-state index contributed by atoms with van der Waals surface area (Å²) in [5.41, 5.74) is 1.44. The van der Waals surface area contributed by atoms with Crippen molar-refractivity contribution < 1.29 is 14.3 Å². The van der Waals surface area contributed by atoms with Crippen molar-refractivity contribution in [1.29, 1.82) is 0 Å². The van der Waals surface area contributed by atoms with Gasteiger partial charge in [-0.05, 0) is 36.2 Å². The summed E-state index contributed by atoms with van der Waals surface area (Å²) in [5.74, 6) is -0.864. The maximum Gasteiger partial charge on any atom is 0.261 e. The van der Waals surface area contributed by atoms with Gasteiger partial charge in [0.2, 0.25) is 5.88 Å². The first-order valence-electron chi connectivity index (χ1n) is 7.72. The van der Waals surface area contributed by atoms with E-state index in [9.17, 15) is 14.3 Å². The average Bonchev–Trinajstić information content (AvgIpc) is 2.60. The molecule has 0 aliphatic carbocycles. The lowest BCUT2D eigenvalue weighted by atomic mass is 10.0. The highest BCUT2D eigenvalue weighted by atomic mass is 35.5. The number of rotatable bonds is 3. The molecule has 0 fully saturated rings. The number of pyridine rings is 1. The van der Waals surface area contributed by atoms with Crippen LogP contribution in [0.25, 0.3) is 5.57 Å². The predicted octanol–water partition coefficient (Wildman–Crippen LogP) is 3.42. The normalized spacial score (nSPS) is 18.1. The van der Waals surface area contributed by atoms with Crippen molar-refractivity contribution in [2.45, 2.75) is 19.6 Å². The van der Waals surface area contributed by atoms with Crippen molar-refractivity contribution in [3.8, 4) is 0 Å². The zero-order chi connectivity index (χ0) is 18.1. The number of carbonyl (C=O) groups excluding carboxylic acids is 1. The fraction of sp³-hybridized carbons (Fsp3) is 0.222. The third-order valence-corrected chi connectivity index (χ3v) is 4.54. The fourth-order valence-electron chi connectivity index (χ4n) is 2.74. The standard InChI is InChI=1S/C18H17ClFN3O2/c1-11-22(2)17(24)16(13-4-6-14(20)7-5-13)18(25)23(11)10-12-3-8-15(19)21-9-12/h3-9,11,25H,10H2,1-2H3. The van der Waals surface area contributed by atoms with Crippen LogP contribution in [-0.4, -0.2) is 39.0 Å². The molecule has 3 rings (SSSR count). The zero-order valence-electron chi connectivity index (χ0n) is 13.8. The van der Waals surface area contributed by atoms with Gasteiger partial charge in [-0.25, -0.2) is 9.37 Å². The molecule has 7 heteroatoms. The van der Waals surface area contributed by atoms with Gasteiger partial charge in [0.25, 0.3) is 5.91 Å². The summed E-state index contributed by atoms with van der Waals surface area (Å²) in [6, 6.07) is 8.95. The van der Waals surface area contributed by atoms with Gasteiger partial charge in [-0.2, -0.15) is 0 Å². The minimum Gasteiger partial charge on any atom is -0.494 e. The topological polar surface area (TPSA) is 56.7 Å². The maximum atomic E-state index is 13.2. The molecule has 1 aliphatic rings. The van der Waals surface area contributed by atoms with E-state index >= 15 is 0 Å². The zero-order valence-corrected chi connectivity index (χ0v) is 14.5. The fourth-order valence-corrected chi connectivity index (χ4v) is 2.86. The molecule has 0 saturated heterocycles. The van der Waals surface area contributed by atoms with Gasteiger partial charge in [0, 0.05) is 19.8 Å². The van der Waals surface area contributed by atoms with Gasteiger partial charge in [0.15, 0.2) is 0 Å². The van der Waals surface area contributed by atoms with Crippen LogP contribution < -0.4 is 0 Å². The molecule has 1 aromatic carbocycles. The van der Waals surface area contributed by atoms with Crippen molar-refractivity contribution in [3.05, 3.63) is 70.6 Å². The second kappa shape index (κ2) is 6.72. The lowest BCUT2D eigenvalue weighted by Gasteiger charge is -2.41. The highest BCUT2D eigenvalue weighted by molar-refractivity contribution is 6.29. The van der Waals surface area contributed by atoms with Crippen LogP contribution in [0.2, 0.25) is 5.15 Å². The smallest absolute Gasteiger partial charge is 0.261 e. The number of aromatic nitrogens is 1. The number of hydrogen-bond donors (Lipinski definition) is 1. The number of likely N-dealkylation sites (N-methyl/N-ethyl adjacent to an activating group) is 1. The Morgan fingerprint density at radius 1 is 1.24 bits per heavy atom. The Kier molecular flexibility index (Phi) is 4.63. The summed E-state index contributed by atoms with van der Waals surface area (Å²) >= 11 is 5.80. The molecule has 0 saturated carbocycles. The molecule has 5 nitrogen and oxygen atoms in total. The second-order valence-electron chi connectivity index (χ2n) is 5.87. The Morgan fingerprint density at radius 3 is 2.52 bits per heavy atom. The summed E-state index contributed by atoms with van der Waals surface area (Å²) in [7, 11) is 1.66. The molecule has 2 aromatic rings. The largest absolute Gasteiger partial charge is 0.494 e. The van der Waals surface area contributed by atoms with Crippen LogP contribution in [0.5, 0.6) is 0 Å². The molecule has 1 aromatic heterocycles. The first-order valence-corrected chi connectivity index (χ1v) is 8.09. The first kappa shape index (κ1) is 17.2. The molecule has 2 heterocycles. The highest BCUT2D eigenvalue weighted by Gasteiger charge is 2.36. The van der Waals surface area contributed by atoms with E-state index in [4.69, 9.17) is 11.6 Å². The molecule has 1 amide bonds. The van der Waals surface area contributed by atoms with Gasteiger partial charge in [-0.3, -0.25) is 4.79 Å². The quantitative estimate of drug-likeness (QED) is 0.851. The number of nitrogens with zero attached hydrogens (tertiary/aromatic N) is 3. The van der Waals surface area contributed by atoms with Crippen molar-refractivity contribution in [2.24, 2.45) is 0 Å². The summed E-state index contributed by atoms with van der Waals surface area (Å²) in [5, 5.41) is 11.1. The van der Waals surface area contributed by atoms with Crippen molar-refractivity contribution in [2.75, 3.05) is 7.05 Å². The van der Waals surface area contributed by atoms with E-state index in [0.29, 0.717) is 17.3 Å². The Hall–Kier alpha value is -2.60. The molecule has 0 bridgehead atoms. The first-order chi connectivity index (χ1) is 11.9. The van der Waals surface area contributed by atoms with Crippen LogP contribution in [-0.2, 0) is 11.3 Å². The Labute approximate surface area is 150 Å². The molecule has 130 valence electrons. The molecule has 1 unspecified atom stereocenters. The van der Waals surface area contributed by atoms with Crippen molar-refractivity contribution in [3.63, 3.8) is 0 Å². The maximum absolute atomic E-state index is 13.2. The number of amides is 1. The minimum atomic E-state index is -0.405. The van der Waals surface area contributed by atoms with E-state index in [1.54, 1.807) is 24.2 Å². The minimum absolute atomic E-state index is 0.141. The highest BCUT2D eigenvalue weighted by Crippen LogP contribution is 2.30. The van der Waals surface area contributed by atoms with Gasteiger partial charge in [-0.1, -0.05) is 29.8 Å². The number of aliphatic hydroxyl groups is 1. The van der Waals surface area contributed by atoms with Crippen LogP contribution in [0.1, 0.15) is 18.1 Å². The van der Waals surface area contributed by atoms with E-state index in [1.807, 2.05) is 13.0 Å². The lowest BCUT2D eigenvalue weighted by molar-refractivity contribution is -0.131. The number of halogens is 2. The van der Waals surface area contributed by atoms with Gasteiger partial charge < -0.3 is 14.9 Å². The van der Waals surface area contributed by atoms with Gasteiger partial charge in [-0.15, -0.1) is 0 Å². The SMILES string of the molecule is CC1N(C)C(=O)C(c2ccc(F)cc2)=C(O)N1Cc1ccc(Cl)nc1. The Morgan fingerprint density at radius 2 is 1.92 bits per heavy atom. The van der Waals surface area contributed by atoms with Crippen LogP contribution >= 0.6 is 11.6 Å². The van der Waals surface area contributed by atoms with Gasteiger partial charge >= 0.3 is 0 Å². The van der Waals surface area contributed by atoms with Crippen LogP contribution in [0.3, 0.4) is 0 Å². The molecule has 1 N–H and O–H groups in total. The molecule has 0 radical (unpaired) electrons. The van der Waals surface area contributed by atoms with E-state index in [0.717, 1.165) is 5.56 Å². The molecule has 0 spiro atoms. The van der Waals surface area contributed by atoms with Crippen molar-refractivity contribution >= 4 is 23.1 Å². The van der Waals surface area contributed by atoms with E-state index < -0.39 is 5.82 Å². The molecule has 1 atom stereocenters. The van der Waals surface area contributed by atoms with Crippen LogP contribution in [0.4, 0.5) is 4.39 Å². The molecule has 1 aliphatic heterocycles. The monoisotopic (exact) mass is 361 g/mol. The summed E-state index contributed by atoms with van der Waals surface area (Å²) in [6.45, 7) is 2.17. The van der Waals surface area contributed by atoms with Crippen LogP contribution in [0, 0.1) is 5.82 Å². The molecular formula is C18H17ClFN3O2. The van der Waals surface area contributed by atoms with E-state index in [1.165, 1.54) is 29.2 Å². The van der Waals surface area contributed by atoms with E-state index in [2.05, 4.69) is 4.98 Å². The summed E-state index contributed by atoms with van der Waals surface area (Å²) < 4.78 is 13.2. The number of benzene rings is 1. The summed E-state index contributed by atoms with van der Waals surface area (Å²) in [4.78, 5) is 19.9. The lowest BCUT2D eigenvalue weighted by Crippen LogP contribution is -2.51. The predicted molar refractivity (Wildman–Crippen MR) is 93.0 cm³/mol. The second-order valence-corrected chi connectivity index (χ2v) is 6.26. The molecule has 25 heavy (non-hydrogen) atoms. The third-order valence-electron chi connectivity index (χ3n) is 4.32.